The second kappa shape index (κ2) is 6.13. The second-order valence-electron chi connectivity index (χ2n) is 4.47. The number of nitrogens with one attached hydrogen (secondary N) is 1. The predicted molar refractivity (Wildman–Crippen MR) is 64.5 cm³/mol. The molecule has 0 heterocycles. The van der Waals surface area contributed by atoms with Gasteiger partial charge in [0.05, 0.1) is 12.2 Å². The van der Waals surface area contributed by atoms with Gasteiger partial charge in [-0.05, 0) is 24.0 Å². The van der Waals surface area contributed by atoms with Gasteiger partial charge in [0.2, 0.25) is 5.91 Å². The summed E-state index contributed by atoms with van der Waals surface area (Å²) in [6.45, 7) is 4.07. The summed E-state index contributed by atoms with van der Waals surface area (Å²) in [6.07, 6.45) is 2.12. The topological polar surface area (TPSA) is 66.4 Å². The molecule has 1 amide bonds. The summed E-state index contributed by atoms with van der Waals surface area (Å²) >= 11 is 1.57. The Morgan fingerprint density at radius 3 is 2.50 bits per heavy atom. The molecule has 1 saturated carbocycles. The molecule has 0 bridgehead atoms. The van der Waals surface area contributed by atoms with E-state index in [0.29, 0.717) is 16.9 Å². The van der Waals surface area contributed by atoms with E-state index in [1.807, 2.05) is 13.8 Å². The molecular formula is C11H19NO3S. The van der Waals surface area contributed by atoms with Crippen molar-refractivity contribution in [3.63, 3.8) is 0 Å². The maximum atomic E-state index is 11.5. The van der Waals surface area contributed by atoms with Crippen LogP contribution < -0.4 is 5.32 Å². The van der Waals surface area contributed by atoms with Crippen LogP contribution in [0.5, 0.6) is 0 Å². The molecule has 1 aliphatic carbocycles. The monoisotopic (exact) mass is 245 g/mol. The maximum Gasteiger partial charge on any atom is 0.305 e. The van der Waals surface area contributed by atoms with Gasteiger partial charge in [0, 0.05) is 6.04 Å². The molecule has 0 aromatic rings. The van der Waals surface area contributed by atoms with Gasteiger partial charge in [-0.25, -0.2) is 0 Å². The number of carbonyl (C=O) groups excluding carboxylic acids is 1. The van der Waals surface area contributed by atoms with Crippen LogP contribution in [0.4, 0.5) is 0 Å². The number of thioether (sulfide) groups is 1. The molecule has 0 spiro atoms. The van der Waals surface area contributed by atoms with Crippen molar-refractivity contribution in [1.82, 2.24) is 5.32 Å². The number of carboxylic acid groups (broad SMARTS) is 1. The lowest BCUT2D eigenvalue weighted by Crippen LogP contribution is -2.39. The van der Waals surface area contributed by atoms with Crippen LogP contribution in [0, 0.1) is 5.92 Å². The smallest absolute Gasteiger partial charge is 0.305 e. The first kappa shape index (κ1) is 13.4. The van der Waals surface area contributed by atoms with E-state index in [9.17, 15) is 9.59 Å². The number of amides is 1. The fourth-order valence-electron chi connectivity index (χ4n) is 1.51. The highest BCUT2D eigenvalue weighted by Crippen LogP contribution is 2.34. The number of aliphatic carboxylic acids is 1. The van der Waals surface area contributed by atoms with E-state index in [2.05, 4.69) is 5.32 Å². The van der Waals surface area contributed by atoms with Crippen molar-refractivity contribution in [2.45, 2.75) is 44.4 Å². The molecule has 1 rings (SSSR count). The Hall–Kier alpha value is -0.710. The zero-order valence-electron chi connectivity index (χ0n) is 9.73. The van der Waals surface area contributed by atoms with Gasteiger partial charge in [0.25, 0.3) is 0 Å². The van der Waals surface area contributed by atoms with E-state index in [1.165, 1.54) is 0 Å². The fraction of sp³-hybridized carbons (Fsp3) is 0.818. The van der Waals surface area contributed by atoms with Crippen LogP contribution in [-0.4, -0.2) is 34.0 Å². The first-order chi connectivity index (χ1) is 7.49. The zero-order valence-corrected chi connectivity index (χ0v) is 10.5. The van der Waals surface area contributed by atoms with Gasteiger partial charge < -0.3 is 10.4 Å². The summed E-state index contributed by atoms with van der Waals surface area (Å²) in [4.78, 5) is 22.2. The van der Waals surface area contributed by atoms with Crippen LogP contribution in [0.2, 0.25) is 0 Å². The van der Waals surface area contributed by atoms with E-state index < -0.39 is 5.97 Å². The minimum Gasteiger partial charge on any atom is -0.481 e. The van der Waals surface area contributed by atoms with E-state index in [1.54, 1.807) is 11.8 Å². The minimum absolute atomic E-state index is 0.0444. The summed E-state index contributed by atoms with van der Waals surface area (Å²) in [5.41, 5.74) is 0. The number of carboxylic acids is 1. The van der Waals surface area contributed by atoms with Crippen molar-refractivity contribution in [2.75, 3.05) is 5.75 Å². The maximum absolute atomic E-state index is 11.5. The summed E-state index contributed by atoms with van der Waals surface area (Å²) < 4.78 is 0. The number of hydrogen-bond acceptors (Lipinski definition) is 3. The molecule has 0 saturated heterocycles. The highest BCUT2D eigenvalue weighted by atomic mass is 32.2. The number of hydrogen-bond donors (Lipinski definition) is 2. The Bertz CT molecular complexity index is 264. The fourth-order valence-corrected chi connectivity index (χ4v) is 2.08. The van der Waals surface area contributed by atoms with Crippen LogP contribution in [-0.2, 0) is 9.59 Å². The molecule has 5 heteroatoms. The van der Waals surface area contributed by atoms with E-state index in [0.717, 1.165) is 12.8 Å². The van der Waals surface area contributed by atoms with Gasteiger partial charge in [-0.1, -0.05) is 13.8 Å². The van der Waals surface area contributed by atoms with Crippen molar-refractivity contribution in [3.05, 3.63) is 0 Å². The lowest BCUT2D eigenvalue weighted by Gasteiger charge is -2.16. The molecule has 1 aliphatic rings. The molecule has 4 nitrogen and oxygen atoms in total. The summed E-state index contributed by atoms with van der Waals surface area (Å²) in [5, 5.41) is 12.0. The lowest BCUT2D eigenvalue weighted by atomic mass is 10.1. The van der Waals surface area contributed by atoms with E-state index >= 15 is 0 Å². The Labute approximate surface area is 100 Å². The Morgan fingerprint density at radius 1 is 1.44 bits per heavy atom. The van der Waals surface area contributed by atoms with Crippen LogP contribution in [0.3, 0.4) is 0 Å². The van der Waals surface area contributed by atoms with Crippen LogP contribution in [0.25, 0.3) is 0 Å². The quantitative estimate of drug-likeness (QED) is 0.713. The van der Waals surface area contributed by atoms with Crippen molar-refractivity contribution < 1.29 is 14.7 Å². The third-order valence-electron chi connectivity index (χ3n) is 2.48. The highest BCUT2D eigenvalue weighted by Gasteiger charge is 2.33. The van der Waals surface area contributed by atoms with Crippen molar-refractivity contribution in [1.29, 1.82) is 0 Å². The van der Waals surface area contributed by atoms with Gasteiger partial charge in [-0.3, -0.25) is 9.59 Å². The average molecular weight is 245 g/mol. The van der Waals surface area contributed by atoms with Gasteiger partial charge in [0.1, 0.15) is 0 Å². The standard InChI is InChI=1S/C11H19NO3S/c1-7(2)16-6-10(13)12-9(5-11(14)15)8-3-4-8/h7-9H,3-6H2,1-2H3,(H,12,13)(H,14,15). The normalized spacial score (nSPS) is 17.2. The Balaban J connectivity index is 2.30. The molecule has 1 atom stereocenters. The minimum atomic E-state index is -0.839. The molecule has 2 N–H and O–H groups in total. The molecule has 16 heavy (non-hydrogen) atoms. The molecule has 92 valence electrons. The van der Waals surface area contributed by atoms with Gasteiger partial charge in [-0.15, -0.1) is 11.8 Å². The SMILES string of the molecule is CC(C)SCC(=O)NC(CC(=O)O)C1CC1. The largest absolute Gasteiger partial charge is 0.481 e. The third-order valence-corrected chi connectivity index (χ3v) is 3.58. The van der Waals surface area contributed by atoms with Crippen LogP contribution in [0.15, 0.2) is 0 Å². The molecular weight excluding hydrogens is 226 g/mol. The Morgan fingerprint density at radius 2 is 2.06 bits per heavy atom. The van der Waals surface area contributed by atoms with Crippen molar-refractivity contribution >= 4 is 23.6 Å². The van der Waals surface area contributed by atoms with Crippen LogP contribution in [0.1, 0.15) is 33.1 Å². The average Bonchev–Trinajstić information content (AvgIpc) is 2.96. The second-order valence-corrected chi connectivity index (χ2v) is 6.03. The Kier molecular flexibility index (Phi) is 5.12. The predicted octanol–water partition coefficient (Wildman–Crippen LogP) is 1.50. The molecule has 1 fully saturated rings. The van der Waals surface area contributed by atoms with Gasteiger partial charge in [0.15, 0.2) is 0 Å². The highest BCUT2D eigenvalue weighted by molar-refractivity contribution is 8.00. The molecule has 1 unspecified atom stereocenters. The van der Waals surface area contributed by atoms with Gasteiger partial charge in [-0.2, -0.15) is 0 Å². The molecule has 0 aliphatic heterocycles. The summed E-state index contributed by atoms with van der Waals surface area (Å²) in [5.74, 6) is -0.0878. The molecule has 0 aromatic heterocycles. The van der Waals surface area contributed by atoms with E-state index in [-0.39, 0.29) is 18.4 Å². The number of rotatable bonds is 7. The van der Waals surface area contributed by atoms with Gasteiger partial charge >= 0.3 is 5.97 Å². The number of carbonyl (C=O) groups is 2. The molecule has 0 aromatic carbocycles. The summed E-state index contributed by atoms with van der Waals surface area (Å²) in [6, 6.07) is -0.169. The third kappa shape index (κ3) is 5.39. The zero-order chi connectivity index (χ0) is 12.1. The lowest BCUT2D eigenvalue weighted by molar-refractivity contribution is -0.137. The van der Waals surface area contributed by atoms with E-state index in [4.69, 9.17) is 5.11 Å². The summed E-state index contributed by atoms with van der Waals surface area (Å²) in [7, 11) is 0. The first-order valence-electron chi connectivity index (χ1n) is 5.61. The van der Waals surface area contributed by atoms with Crippen molar-refractivity contribution in [2.24, 2.45) is 5.92 Å². The molecule has 0 radical (unpaired) electrons. The first-order valence-corrected chi connectivity index (χ1v) is 6.66. The van der Waals surface area contributed by atoms with Crippen molar-refractivity contribution in [3.8, 4) is 0 Å². The van der Waals surface area contributed by atoms with Crippen LogP contribution >= 0.6 is 11.8 Å².